The highest BCUT2D eigenvalue weighted by molar-refractivity contribution is 7.99. The standard InChI is InChI=1S/C20H20Cl2N2OS/c1-13(2)19-20(26-17-9-15(21)8-16(22)10-17)24-18(23-19)12-25-11-14-6-4-3-5-7-14/h3-10,13H,11-12H2,1-2H3,(H,23,24). The number of aromatic amines is 1. The number of imidazole rings is 1. The van der Waals surface area contributed by atoms with Crippen LogP contribution < -0.4 is 0 Å². The fourth-order valence-electron chi connectivity index (χ4n) is 2.50. The minimum atomic E-state index is 0.297. The lowest BCUT2D eigenvalue weighted by Gasteiger charge is -2.06. The Balaban J connectivity index is 1.71. The Kier molecular flexibility index (Phi) is 6.65. The van der Waals surface area contributed by atoms with Crippen molar-refractivity contribution in [2.45, 2.75) is 42.9 Å². The first-order chi connectivity index (χ1) is 12.5. The molecule has 3 rings (SSSR count). The van der Waals surface area contributed by atoms with E-state index in [0.29, 0.717) is 29.2 Å². The van der Waals surface area contributed by atoms with Crippen molar-refractivity contribution in [3.8, 4) is 0 Å². The van der Waals surface area contributed by atoms with Gasteiger partial charge < -0.3 is 9.72 Å². The molecule has 0 radical (unpaired) electrons. The van der Waals surface area contributed by atoms with Crippen LogP contribution >= 0.6 is 35.0 Å². The molecule has 0 amide bonds. The van der Waals surface area contributed by atoms with Gasteiger partial charge in [-0.25, -0.2) is 4.98 Å². The number of nitrogens with one attached hydrogen (secondary N) is 1. The topological polar surface area (TPSA) is 37.9 Å². The van der Waals surface area contributed by atoms with Gasteiger partial charge in [-0.2, -0.15) is 0 Å². The maximum atomic E-state index is 6.11. The zero-order valence-electron chi connectivity index (χ0n) is 14.6. The summed E-state index contributed by atoms with van der Waals surface area (Å²) in [5.41, 5.74) is 2.16. The summed E-state index contributed by atoms with van der Waals surface area (Å²) in [4.78, 5) is 9.07. The summed E-state index contributed by atoms with van der Waals surface area (Å²) < 4.78 is 5.80. The zero-order valence-corrected chi connectivity index (χ0v) is 17.0. The van der Waals surface area contributed by atoms with Gasteiger partial charge in [0.15, 0.2) is 0 Å². The number of hydrogen-bond acceptors (Lipinski definition) is 3. The van der Waals surface area contributed by atoms with Crippen molar-refractivity contribution >= 4 is 35.0 Å². The smallest absolute Gasteiger partial charge is 0.133 e. The summed E-state index contributed by atoms with van der Waals surface area (Å²) in [5.74, 6) is 1.12. The first-order valence-electron chi connectivity index (χ1n) is 8.35. The van der Waals surface area contributed by atoms with Gasteiger partial charge in [-0.1, -0.05) is 79.1 Å². The third kappa shape index (κ3) is 5.27. The fourth-order valence-corrected chi connectivity index (χ4v) is 4.32. The van der Waals surface area contributed by atoms with Gasteiger partial charge in [0, 0.05) is 14.9 Å². The van der Waals surface area contributed by atoms with E-state index in [4.69, 9.17) is 32.9 Å². The second kappa shape index (κ2) is 8.96. The van der Waals surface area contributed by atoms with Crippen LogP contribution in [-0.4, -0.2) is 9.97 Å². The van der Waals surface area contributed by atoms with E-state index < -0.39 is 0 Å². The molecule has 0 bridgehead atoms. The molecule has 1 N–H and O–H groups in total. The minimum Gasteiger partial charge on any atom is -0.369 e. The van der Waals surface area contributed by atoms with E-state index in [1.54, 1.807) is 17.8 Å². The van der Waals surface area contributed by atoms with Gasteiger partial charge in [0.2, 0.25) is 0 Å². The van der Waals surface area contributed by atoms with Crippen LogP contribution in [0.25, 0.3) is 0 Å². The van der Waals surface area contributed by atoms with Crippen LogP contribution in [0.2, 0.25) is 10.0 Å². The van der Waals surface area contributed by atoms with Gasteiger partial charge in [-0.05, 0) is 29.7 Å². The quantitative estimate of drug-likeness (QED) is 0.473. The molecule has 3 nitrogen and oxygen atoms in total. The number of halogens is 2. The zero-order chi connectivity index (χ0) is 18.5. The molecule has 2 aromatic carbocycles. The molecule has 6 heteroatoms. The van der Waals surface area contributed by atoms with Crippen LogP contribution in [0.3, 0.4) is 0 Å². The van der Waals surface area contributed by atoms with Gasteiger partial charge in [0.1, 0.15) is 17.5 Å². The molecule has 3 aromatic rings. The Hall–Kier alpha value is -1.46. The fraction of sp³-hybridized carbons (Fsp3) is 0.250. The van der Waals surface area contributed by atoms with Gasteiger partial charge in [-0.15, -0.1) is 0 Å². The Morgan fingerprint density at radius 2 is 1.73 bits per heavy atom. The molecule has 0 aliphatic heterocycles. The maximum absolute atomic E-state index is 6.11. The second-order valence-electron chi connectivity index (χ2n) is 6.24. The Morgan fingerprint density at radius 1 is 1.04 bits per heavy atom. The molecule has 0 unspecified atom stereocenters. The van der Waals surface area contributed by atoms with Crippen LogP contribution in [0.5, 0.6) is 0 Å². The molecular weight excluding hydrogens is 387 g/mol. The SMILES string of the molecule is CC(C)c1nc(COCc2ccccc2)[nH]c1Sc1cc(Cl)cc(Cl)c1. The highest BCUT2D eigenvalue weighted by atomic mass is 35.5. The molecule has 0 fully saturated rings. The number of H-pyrrole nitrogens is 1. The number of rotatable bonds is 7. The van der Waals surface area contributed by atoms with Crippen LogP contribution in [0.4, 0.5) is 0 Å². The molecule has 26 heavy (non-hydrogen) atoms. The number of hydrogen-bond donors (Lipinski definition) is 1. The van der Waals surface area contributed by atoms with Crippen molar-refractivity contribution in [1.82, 2.24) is 9.97 Å². The molecule has 136 valence electrons. The first kappa shape index (κ1) is 19.3. The Bertz CT molecular complexity index is 845. The van der Waals surface area contributed by atoms with Gasteiger partial charge >= 0.3 is 0 Å². The van der Waals surface area contributed by atoms with E-state index in [-0.39, 0.29) is 0 Å². The van der Waals surface area contributed by atoms with E-state index in [1.165, 1.54) is 0 Å². The van der Waals surface area contributed by atoms with Crippen molar-refractivity contribution in [2.75, 3.05) is 0 Å². The second-order valence-corrected chi connectivity index (χ2v) is 8.19. The lowest BCUT2D eigenvalue weighted by molar-refractivity contribution is 0.102. The predicted octanol–water partition coefficient (Wildman–Crippen LogP) is 6.71. The highest BCUT2D eigenvalue weighted by Gasteiger charge is 2.15. The normalized spacial score (nSPS) is 11.3. The van der Waals surface area contributed by atoms with Crippen LogP contribution in [-0.2, 0) is 18.0 Å². The summed E-state index contributed by atoms with van der Waals surface area (Å²) in [6.07, 6.45) is 0. The summed E-state index contributed by atoms with van der Waals surface area (Å²) in [5, 5.41) is 2.24. The molecule has 0 saturated carbocycles. The van der Waals surface area contributed by atoms with E-state index in [1.807, 2.05) is 42.5 Å². The first-order valence-corrected chi connectivity index (χ1v) is 9.93. The molecular formula is C20H20Cl2N2OS. The third-order valence-electron chi connectivity index (χ3n) is 3.70. The summed E-state index contributed by atoms with van der Waals surface area (Å²) >= 11 is 13.8. The van der Waals surface area contributed by atoms with Gasteiger partial charge in [0.05, 0.1) is 12.3 Å². The lowest BCUT2D eigenvalue weighted by Crippen LogP contribution is -1.96. The molecule has 0 saturated heterocycles. The number of nitrogens with zero attached hydrogens (tertiary/aromatic N) is 1. The van der Waals surface area contributed by atoms with Crippen LogP contribution in [0.1, 0.15) is 36.8 Å². The number of benzene rings is 2. The minimum absolute atomic E-state index is 0.297. The Labute approximate surface area is 168 Å². The van der Waals surface area contributed by atoms with Crippen molar-refractivity contribution < 1.29 is 4.74 Å². The highest BCUT2D eigenvalue weighted by Crippen LogP contribution is 2.35. The molecule has 0 aliphatic carbocycles. The van der Waals surface area contributed by atoms with E-state index in [0.717, 1.165) is 27.0 Å². The number of aromatic nitrogens is 2. The van der Waals surface area contributed by atoms with Crippen molar-refractivity contribution in [3.05, 3.63) is 75.7 Å². The number of ether oxygens (including phenoxy) is 1. The van der Waals surface area contributed by atoms with E-state index in [9.17, 15) is 0 Å². The largest absolute Gasteiger partial charge is 0.369 e. The summed E-state index contributed by atoms with van der Waals surface area (Å²) in [6.45, 7) is 5.25. The van der Waals surface area contributed by atoms with Crippen LogP contribution in [0, 0.1) is 0 Å². The molecule has 0 atom stereocenters. The maximum Gasteiger partial charge on any atom is 0.133 e. The van der Waals surface area contributed by atoms with E-state index >= 15 is 0 Å². The predicted molar refractivity (Wildman–Crippen MR) is 108 cm³/mol. The molecule has 0 aliphatic rings. The lowest BCUT2D eigenvalue weighted by atomic mass is 10.2. The van der Waals surface area contributed by atoms with Crippen molar-refractivity contribution in [2.24, 2.45) is 0 Å². The van der Waals surface area contributed by atoms with Crippen molar-refractivity contribution in [3.63, 3.8) is 0 Å². The average Bonchev–Trinajstić information content (AvgIpc) is 2.98. The monoisotopic (exact) mass is 406 g/mol. The average molecular weight is 407 g/mol. The van der Waals surface area contributed by atoms with E-state index in [2.05, 4.69) is 18.8 Å². The Morgan fingerprint density at radius 3 is 2.38 bits per heavy atom. The van der Waals surface area contributed by atoms with Crippen molar-refractivity contribution in [1.29, 1.82) is 0 Å². The summed E-state index contributed by atoms with van der Waals surface area (Å²) in [6, 6.07) is 15.6. The van der Waals surface area contributed by atoms with Gasteiger partial charge in [-0.3, -0.25) is 0 Å². The molecule has 0 spiro atoms. The summed E-state index contributed by atoms with van der Waals surface area (Å²) in [7, 11) is 0. The molecule has 1 aromatic heterocycles. The molecule has 1 heterocycles. The van der Waals surface area contributed by atoms with Crippen LogP contribution in [0.15, 0.2) is 58.5 Å². The third-order valence-corrected chi connectivity index (χ3v) is 5.12. The van der Waals surface area contributed by atoms with Gasteiger partial charge in [0.25, 0.3) is 0 Å².